The van der Waals surface area contributed by atoms with Gasteiger partial charge in [-0.25, -0.2) is 4.98 Å². The number of hydrogen-bond donors (Lipinski definition) is 1. The highest BCUT2D eigenvalue weighted by Crippen LogP contribution is 2.16. The van der Waals surface area contributed by atoms with Gasteiger partial charge in [-0.15, -0.1) is 5.10 Å². The fourth-order valence-electron chi connectivity index (χ4n) is 2.05. The Hall–Kier alpha value is -2.90. The fraction of sp³-hybridized carbons (Fsp3) is 0.333. The monoisotopic (exact) mass is 317 g/mol. The number of amides is 2. The molecular formula is C15H19N5O3. The van der Waals surface area contributed by atoms with Crippen LogP contribution in [0.15, 0.2) is 24.5 Å². The summed E-state index contributed by atoms with van der Waals surface area (Å²) in [7, 11) is 4.67. The molecule has 0 saturated heterocycles. The number of pyridine rings is 1. The van der Waals surface area contributed by atoms with Crippen LogP contribution in [0.1, 0.15) is 15.9 Å². The molecule has 0 aromatic carbocycles. The summed E-state index contributed by atoms with van der Waals surface area (Å²) in [6, 6.07) is 3.59. The normalized spacial score (nSPS) is 10.3. The molecule has 122 valence electrons. The lowest BCUT2D eigenvalue weighted by molar-refractivity contribution is -0.116. The average molecular weight is 317 g/mol. The lowest BCUT2D eigenvalue weighted by Gasteiger charge is -2.16. The molecule has 0 fully saturated rings. The standard InChI is InChI=1S/C15H19N5O3/c1-10-5-6-16-12(7-10)17-13(21)9-19(2)15(22)11-8-20(3)18-14(11)23-4/h5-8H,9H2,1-4H3,(H,16,17,21). The maximum Gasteiger partial charge on any atom is 0.261 e. The number of aryl methyl sites for hydroxylation is 2. The van der Waals surface area contributed by atoms with Gasteiger partial charge in [-0.05, 0) is 24.6 Å². The van der Waals surface area contributed by atoms with Crippen molar-refractivity contribution in [3.63, 3.8) is 0 Å². The zero-order valence-electron chi connectivity index (χ0n) is 13.5. The van der Waals surface area contributed by atoms with E-state index in [4.69, 9.17) is 4.74 Å². The number of carbonyl (C=O) groups is 2. The van der Waals surface area contributed by atoms with Gasteiger partial charge in [0, 0.05) is 26.5 Å². The number of carbonyl (C=O) groups excluding carboxylic acids is 2. The number of nitrogens with zero attached hydrogens (tertiary/aromatic N) is 4. The van der Waals surface area contributed by atoms with Crippen LogP contribution in [-0.4, -0.2) is 52.2 Å². The van der Waals surface area contributed by atoms with Crippen molar-refractivity contribution < 1.29 is 14.3 Å². The van der Waals surface area contributed by atoms with E-state index in [2.05, 4.69) is 15.4 Å². The number of nitrogens with one attached hydrogen (secondary N) is 1. The predicted molar refractivity (Wildman–Crippen MR) is 84.3 cm³/mol. The molecule has 0 saturated carbocycles. The number of likely N-dealkylation sites (N-methyl/N-ethyl adjacent to an activating group) is 1. The van der Waals surface area contributed by atoms with Crippen molar-refractivity contribution in [2.24, 2.45) is 7.05 Å². The Balaban J connectivity index is 2.01. The summed E-state index contributed by atoms with van der Waals surface area (Å²) in [5, 5.41) is 6.68. The minimum absolute atomic E-state index is 0.105. The number of ether oxygens (including phenoxy) is 1. The minimum atomic E-state index is -0.345. The molecule has 0 atom stereocenters. The molecule has 23 heavy (non-hydrogen) atoms. The minimum Gasteiger partial charge on any atom is -0.479 e. The summed E-state index contributed by atoms with van der Waals surface area (Å²) in [5.74, 6) is 0.00373. The van der Waals surface area contributed by atoms with Crippen LogP contribution < -0.4 is 10.1 Å². The number of hydrogen-bond acceptors (Lipinski definition) is 5. The van der Waals surface area contributed by atoms with Crippen molar-refractivity contribution in [2.45, 2.75) is 6.92 Å². The summed E-state index contributed by atoms with van der Waals surface area (Å²) in [4.78, 5) is 29.8. The molecule has 8 heteroatoms. The first-order valence-corrected chi connectivity index (χ1v) is 6.96. The van der Waals surface area contributed by atoms with Gasteiger partial charge >= 0.3 is 0 Å². The number of rotatable bonds is 5. The molecule has 0 spiro atoms. The Morgan fingerprint density at radius 1 is 1.43 bits per heavy atom. The van der Waals surface area contributed by atoms with E-state index in [0.717, 1.165) is 5.56 Å². The first-order valence-electron chi connectivity index (χ1n) is 6.96. The number of anilines is 1. The molecule has 2 aromatic rings. The highest BCUT2D eigenvalue weighted by atomic mass is 16.5. The Morgan fingerprint density at radius 3 is 2.83 bits per heavy atom. The molecule has 1 N–H and O–H groups in total. The highest BCUT2D eigenvalue weighted by Gasteiger charge is 2.21. The smallest absolute Gasteiger partial charge is 0.261 e. The number of methoxy groups -OCH3 is 1. The predicted octanol–water partition coefficient (Wildman–Crippen LogP) is 0.843. The van der Waals surface area contributed by atoms with Gasteiger partial charge in [0.1, 0.15) is 11.4 Å². The molecule has 0 unspecified atom stereocenters. The van der Waals surface area contributed by atoms with Crippen LogP contribution in [0.2, 0.25) is 0 Å². The van der Waals surface area contributed by atoms with Crippen molar-refractivity contribution in [1.82, 2.24) is 19.7 Å². The largest absolute Gasteiger partial charge is 0.479 e. The SMILES string of the molecule is COc1nn(C)cc1C(=O)N(C)CC(=O)Nc1cc(C)ccn1. The van der Waals surface area contributed by atoms with Gasteiger partial charge in [-0.1, -0.05) is 0 Å². The molecule has 0 bridgehead atoms. The van der Waals surface area contributed by atoms with E-state index in [1.54, 1.807) is 25.5 Å². The van der Waals surface area contributed by atoms with Gasteiger partial charge in [-0.2, -0.15) is 0 Å². The fourth-order valence-corrected chi connectivity index (χ4v) is 2.05. The lowest BCUT2D eigenvalue weighted by atomic mass is 10.3. The molecule has 2 aromatic heterocycles. The van der Waals surface area contributed by atoms with Crippen molar-refractivity contribution in [3.8, 4) is 5.88 Å². The van der Waals surface area contributed by atoms with Crippen LogP contribution in [-0.2, 0) is 11.8 Å². The molecule has 0 aliphatic heterocycles. The first-order chi connectivity index (χ1) is 10.9. The summed E-state index contributed by atoms with van der Waals surface area (Å²) >= 11 is 0. The van der Waals surface area contributed by atoms with E-state index in [-0.39, 0.29) is 24.2 Å². The van der Waals surface area contributed by atoms with E-state index in [1.165, 1.54) is 23.7 Å². The molecule has 0 aliphatic carbocycles. The third kappa shape index (κ3) is 4.06. The van der Waals surface area contributed by atoms with E-state index >= 15 is 0 Å². The lowest BCUT2D eigenvalue weighted by Crippen LogP contribution is -2.35. The highest BCUT2D eigenvalue weighted by molar-refractivity contribution is 6.00. The molecule has 8 nitrogen and oxygen atoms in total. The molecule has 2 heterocycles. The molecular weight excluding hydrogens is 298 g/mol. The quantitative estimate of drug-likeness (QED) is 0.883. The van der Waals surface area contributed by atoms with Crippen molar-refractivity contribution >= 4 is 17.6 Å². The van der Waals surface area contributed by atoms with Gasteiger partial charge in [0.2, 0.25) is 11.8 Å². The van der Waals surface area contributed by atoms with Gasteiger partial charge in [0.15, 0.2) is 0 Å². The van der Waals surface area contributed by atoms with Crippen LogP contribution in [0.25, 0.3) is 0 Å². The topological polar surface area (TPSA) is 89.4 Å². The zero-order valence-corrected chi connectivity index (χ0v) is 13.5. The first kappa shape index (κ1) is 16.5. The Morgan fingerprint density at radius 2 is 2.17 bits per heavy atom. The van der Waals surface area contributed by atoms with Crippen LogP contribution >= 0.6 is 0 Å². The van der Waals surface area contributed by atoms with E-state index in [0.29, 0.717) is 11.4 Å². The third-order valence-electron chi connectivity index (χ3n) is 3.13. The van der Waals surface area contributed by atoms with Crippen molar-refractivity contribution in [3.05, 3.63) is 35.7 Å². The summed E-state index contributed by atoms with van der Waals surface area (Å²) in [5.41, 5.74) is 1.29. The van der Waals surface area contributed by atoms with Crippen LogP contribution in [0.3, 0.4) is 0 Å². The second kappa shape index (κ2) is 6.91. The van der Waals surface area contributed by atoms with Gasteiger partial charge in [0.25, 0.3) is 5.91 Å². The van der Waals surface area contributed by atoms with Crippen LogP contribution in [0.5, 0.6) is 5.88 Å². The van der Waals surface area contributed by atoms with Crippen molar-refractivity contribution in [1.29, 1.82) is 0 Å². The number of aromatic nitrogens is 3. The summed E-state index contributed by atoms with van der Waals surface area (Å²) in [6.07, 6.45) is 3.16. The maximum absolute atomic E-state index is 12.4. The van der Waals surface area contributed by atoms with Crippen LogP contribution in [0, 0.1) is 6.92 Å². The molecule has 2 rings (SSSR count). The zero-order chi connectivity index (χ0) is 17.0. The maximum atomic E-state index is 12.4. The second-order valence-corrected chi connectivity index (χ2v) is 5.15. The molecule has 0 aliphatic rings. The van der Waals surface area contributed by atoms with Gasteiger partial charge in [-0.3, -0.25) is 14.3 Å². The van der Waals surface area contributed by atoms with Gasteiger partial charge in [0.05, 0.1) is 13.7 Å². The Labute approximate surface area is 134 Å². The van der Waals surface area contributed by atoms with E-state index in [9.17, 15) is 9.59 Å². The van der Waals surface area contributed by atoms with Gasteiger partial charge < -0.3 is 15.0 Å². The molecule has 2 amide bonds. The molecule has 0 radical (unpaired) electrons. The Bertz CT molecular complexity index is 726. The third-order valence-corrected chi connectivity index (χ3v) is 3.13. The van der Waals surface area contributed by atoms with Crippen molar-refractivity contribution in [2.75, 3.05) is 26.0 Å². The van der Waals surface area contributed by atoms with E-state index in [1.807, 2.05) is 13.0 Å². The summed E-state index contributed by atoms with van der Waals surface area (Å²) < 4.78 is 6.54. The van der Waals surface area contributed by atoms with Crippen LogP contribution in [0.4, 0.5) is 5.82 Å². The van der Waals surface area contributed by atoms with E-state index < -0.39 is 0 Å². The average Bonchev–Trinajstić information content (AvgIpc) is 2.87. The Kier molecular flexibility index (Phi) is 4.95. The summed E-state index contributed by atoms with van der Waals surface area (Å²) in [6.45, 7) is 1.80. The second-order valence-electron chi connectivity index (χ2n) is 5.15.